The molecule has 0 fully saturated rings. The summed E-state index contributed by atoms with van der Waals surface area (Å²) in [6.07, 6.45) is 19.4. The van der Waals surface area contributed by atoms with E-state index < -0.39 is 0 Å². The Kier molecular flexibility index (Phi) is 14.8. The Bertz CT molecular complexity index is 395. The predicted octanol–water partition coefficient (Wildman–Crippen LogP) is 6.67. The zero-order valence-electron chi connectivity index (χ0n) is 13.5. The highest BCUT2D eigenvalue weighted by atomic mass is 13.9. The number of unbranched alkanes of at least 4 members (excludes halogenated alkanes) is 2. The third kappa shape index (κ3) is 14.4. The summed E-state index contributed by atoms with van der Waals surface area (Å²) in [7, 11) is 0. The maximum Gasteiger partial charge on any atom is -0.00973 e. The van der Waals surface area contributed by atoms with Gasteiger partial charge in [0, 0.05) is 0 Å². The van der Waals surface area contributed by atoms with Gasteiger partial charge in [0.25, 0.3) is 0 Å². The second kappa shape index (κ2) is 16.2. The average molecular weight is 282 g/mol. The first-order chi connectivity index (χ1) is 10.3. The van der Waals surface area contributed by atoms with Crippen LogP contribution in [0.2, 0.25) is 0 Å². The first-order valence-electron chi connectivity index (χ1n) is 7.90. The van der Waals surface area contributed by atoms with Gasteiger partial charge in [-0.3, -0.25) is 0 Å². The number of hydrogen-bond donors (Lipinski definition) is 0. The van der Waals surface area contributed by atoms with E-state index >= 15 is 0 Å². The molecule has 0 aliphatic carbocycles. The fourth-order valence-corrected chi connectivity index (χ4v) is 1.66. The quantitative estimate of drug-likeness (QED) is 0.350. The molecule has 0 unspecified atom stereocenters. The number of hydrogen-bond acceptors (Lipinski definition) is 0. The molecule has 0 N–H and O–H groups in total. The Morgan fingerprint density at radius 2 is 1.48 bits per heavy atom. The van der Waals surface area contributed by atoms with Gasteiger partial charge < -0.3 is 0 Å². The van der Waals surface area contributed by atoms with Gasteiger partial charge in [0.15, 0.2) is 0 Å². The first-order valence-corrected chi connectivity index (χ1v) is 7.90. The Balaban J connectivity index is 0.000000400. The van der Waals surface area contributed by atoms with Crippen LogP contribution < -0.4 is 0 Å². The summed E-state index contributed by atoms with van der Waals surface area (Å²) < 4.78 is 0. The van der Waals surface area contributed by atoms with Crippen molar-refractivity contribution in [2.24, 2.45) is 0 Å². The minimum Gasteiger partial charge on any atom is -0.103 e. The van der Waals surface area contributed by atoms with E-state index in [2.05, 4.69) is 68.7 Å². The van der Waals surface area contributed by atoms with Crippen LogP contribution in [0.5, 0.6) is 0 Å². The molecule has 0 atom stereocenters. The topological polar surface area (TPSA) is 0 Å². The SMILES string of the molecule is C=CC/C=C/CCCC.C=CC/C=C/Cc1ccccc1. The van der Waals surface area contributed by atoms with Crippen LogP contribution in [0.25, 0.3) is 0 Å². The molecule has 1 aromatic rings. The van der Waals surface area contributed by atoms with Gasteiger partial charge in [-0.2, -0.15) is 0 Å². The van der Waals surface area contributed by atoms with Crippen molar-refractivity contribution >= 4 is 0 Å². The first kappa shape index (κ1) is 19.2. The lowest BCUT2D eigenvalue weighted by molar-refractivity contribution is 0.813. The summed E-state index contributed by atoms with van der Waals surface area (Å²) in [5.74, 6) is 0. The van der Waals surface area contributed by atoms with Gasteiger partial charge in [-0.05, 0) is 31.2 Å². The molecular weight excluding hydrogens is 252 g/mol. The van der Waals surface area contributed by atoms with Crippen molar-refractivity contribution in [3.63, 3.8) is 0 Å². The highest BCUT2D eigenvalue weighted by molar-refractivity contribution is 5.17. The van der Waals surface area contributed by atoms with Gasteiger partial charge in [-0.15, -0.1) is 13.2 Å². The third-order valence-electron chi connectivity index (χ3n) is 2.86. The molecular formula is C21H30. The Hall–Kier alpha value is -1.82. The van der Waals surface area contributed by atoms with Crippen LogP contribution in [-0.2, 0) is 6.42 Å². The van der Waals surface area contributed by atoms with Crippen molar-refractivity contribution < 1.29 is 0 Å². The predicted molar refractivity (Wildman–Crippen MR) is 97.6 cm³/mol. The number of rotatable bonds is 9. The summed E-state index contributed by atoms with van der Waals surface area (Å²) in [4.78, 5) is 0. The fourth-order valence-electron chi connectivity index (χ4n) is 1.66. The molecule has 0 nitrogen and oxygen atoms in total. The average Bonchev–Trinajstić information content (AvgIpc) is 2.53. The lowest BCUT2D eigenvalue weighted by Gasteiger charge is -1.92. The van der Waals surface area contributed by atoms with Gasteiger partial charge >= 0.3 is 0 Å². The third-order valence-corrected chi connectivity index (χ3v) is 2.86. The second-order valence-corrected chi connectivity index (χ2v) is 4.82. The van der Waals surface area contributed by atoms with Crippen LogP contribution in [0, 0.1) is 0 Å². The molecule has 0 bridgehead atoms. The molecule has 0 aliphatic heterocycles. The maximum atomic E-state index is 3.65. The molecule has 0 heterocycles. The Morgan fingerprint density at radius 1 is 0.857 bits per heavy atom. The van der Waals surface area contributed by atoms with E-state index in [1.807, 2.05) is 18.2 Å². The van der Waals surface area contributed by atoms with E-state index in [4.69, 9.17) is 0 Å². The van der Waals surface area contributed by atoms with Crippen molar-refractivity contribution in [2.75, 3.05) is 0 Å². The molecule has 0 radical (unpaired) electrons. The van der Waals surface area contributed by atoms with Gasteiger partial charge in [-0.1, -0.05) is 86.6 Å². The number of benzene rings is 1. The highest BCUT2D eigenvalue weighted by Gasteiger charge is 1.84. The zero-order valence-corrected chi connectivity index (χ0v) is 13.5. The molecule has 114 valence electrons. The monoisotopic (exact) mass is 282 g/mol. The van der Waals surface area contributed by atoms with Crippen LogP contribution in [0.15, 0.2) is 79.9 Å². The zero-order chi connectivity index (χ0) is 15.6. The van der Waals surface area contributed by atoms with Gasteiger partial charge in [-0.25, -0.2) is 0 Å². The van der Waals surface area contributed by atoms with Gasteiger partial charge in [0.2, 0.25) is 0 Å². The highest BCUT2D eigenvalue weighted by Crippen LogP contribution is 2.00. The standard InChI is InChI=1S/C12H14.C9H16/c1-2-3-4-6-9-12-10-7-5-8-11-12;1-3-5-7-9-8-6-4-2/h2,4-8,10-11H,1,3,9H2;3,7,9H,1,4-6,8H2,2H3/b6-4+;9-7+. The van der Waals surface area contributed by atoms with Crippen LogP contribution >= 0.6 is 0 Å². The van der Waals surface area contributed by atoms with Crippen molar-refractivity contribution in [1.29, 1.82) is 0 Å². The lowest BCUT2D eigenvalue weighted by atomic mass is 10.1. The van der Waals surface area contributed by atoms with E-state index in [0.29, 0.717) is 0 Å². The molecule has 21 heavy (non-hydrogen) atoms. The summed E-state index contributed by atoms with van der Waals surface area (Å²) >= 11 is 0. The molecule has 0 saturated carbocycles. The van der Waals surface area contributed by atoms with Crippen LogP contribution in [0.3, 0.4) is 0 Å². The van der Waals surface area contributed by atoms with Crippen molar-refractivity contribution in [3.8, 4) is 0 Å². The van der Waals surface area contributed by atoms with Crippen LogP contribution in [0.4, 0.5) is 0 Å². The molecule has 1 aromatic carbocycles. The van der Waals surface area contributed by atoms with Crippen LogP contribution in [-0.4, -0.2) is 0 Å². The van der Waals surface area contributed by atoms with Crippen molar-refractivity contribution in [2.45, 2.75) is 45.4 Å². The van der Waals surface area contributed by atoms with E-state index in [1.54, 1.807) is 0 Å². The molecule has 0 aromatic heterocycles. The molecule has 0 saturated heterocycles. The van der Waals surface area contributed by atoms with E-state index in [-0.39, 0.29) is 0 Å². The summed E-state index contributed by atoms with van der Waals surface area (Å²) in [5.41, 5.74) is 1.36. The second-order valence-electron chi connectivity index (χ2n) is 4.82. The van der Waals surface area contributed by atoms with Crippen molar-refractivity contribution in [3.05, 3.63) is 85.5 Å². The van der Waals surface area contributed by atoms with E-state index in [0.717, 1.165) is 19.3 Å². The largest absolute Gasteiger partial charge is 0.103 e. The maximum absolute atomic E-state index is 3.65. The fraction of sp³-hybridized carbons (Fsp3) is 0.333. The minimum absolute atomic E-state index is 0.965. The van der Waals surface area contributed by atoms with Crippen molar-refractivity contribution in [1.82, 2.24) is 0 Å². The molecule has 0 amide bonds. The Morgan fingerprint density at radius 3 is 2.05 bits per heavy atom. The minimum atomic E-state index is 0.965. The van der Waals surface area contributed by atoms with Gasteiger partial charge in [0.1, 0.15) is 0 Å². The van der Waals surface area contributed by atoms with E-state index in [9.17, 15) is 0 Å². The molecule has 0 spiro atoms. The molecule has 0 heteroatoms. The lowest BCUT2D eigenvalue weighted by Crippen LogP contribution is -1.77. The van der Waals surface area contributed by atoms with E-state index in [1.165, 1.54) is 24.8 Å². The van der Waals surface area contributed by atoms with Crippen LogP contribution in [0.1, 0.15) is 44.6 Å². The van der Waals surface area contributed by atoms with Gasteiger partial charge in [0.05, 0.1) is 0 Å². The smallest absolute Gasteiger partial charge is 0.00973 e. The normalized spacial score (nSPS) is 10.3. The summed E-state index contributed by atoms with van der Waals surface area (Å²) in [6, 6.07) is 10.4. The number of allylic oxidation sites excluding steroid dienone is 6. The summed E-state index contributed by atoms with van der Waals surface area (Å²) in [6.45, 7) is 9.49. The molecule has 0 aliphatic rings. The Labute approximate surface area is 131 Å². The summed E-state index contributed by atoms with van der Waals surface area (Å²) in [5, 5.41) is 0. The molecule has 1 rings (SSSR count).